The van der Waals surface area contributed by atoms with E-state index in [0.29, 0.717) is 5.56 Å². The molecule has 2 rings (SSSR count). The molecule has 0 aliphatic heterocycles. The van der Waals surface area contributed by atoms with Crippen molar-refractivity contribution in [2.24, 2.45) is 0 Å². The summed E-state index contributed by atoms with van der Waals surface area (Å²) in [4.78, 5) is 24.0. The lowest BCUT2D eigenvalue weighted by Gasteiger charge is -2.25. The molecule has 0 spiro atoms. The third-order valence-electron chi connectivity index (χ3n) is 3.70. The Morgan fingerprint density at radius 1 is 1.29 bits per heavy atom. The van der Waals surface area contributed by atoms with Crippen molar-refractivity contribution in [1.29, 1.82) is 0 Å². The fraction of sp³-hybridized carbons (Fsp3) is 0.235. The van der Waals surface area contributed by atoms with Gasteiger partial charge in [-0.25, -0.2) is 4.39 Å². The Labute approximate surface area is 138 Å². The van der Waals surface area contributed by atoms with Crippen molar-refractivity contribution in [2.45, 2.75) is 13.0 Å². The van der Waals surface area contributed by atoms with E-state index in [4.69, 9.17) is 4.74 Å². The Bertz CT molecular complexity index is 751. The second-order valence-electron chi connectivity index (χ2n) is 5.28. The Morgan fingerprint density at radius 3 is 2.67 bits per heavy atom. The van der Waals surface area contributed by atoms with Crippen molar-refractivity contribution >= 4 is 11.6 Å². The number of nitrogens with zero attached hydrogens (tertiary/aromatic N) is 2. The summed E-state index contributed by atoms with van der Waals surface area (Å²) < 4.78 is 18.4. The van der Waals surface area contributed by atoms with Gasteiger partial charge in [-0.05, 0) is 24.6 Å². The van der Waals surface area contributed by atoms with Gasteiger partial charge in [0.05, 0.1) is 11.0 Å². The van der Waals surface area contributed by atoms with Crippen LogP contribution in [0.15, 0.2) is 48.5 Å². The quantitative estimate of drug-likeness (QED) is 0.601. The molecule has 24 heavy (non-hydrogen) atoms. The van der Waals surface area contributed by atoms with Crippen LogP contribution < -0.4 is 4.74 Å². The van der Waals surface area contributed by atoms with E-state index >= 15 is 0 Å². The molecule has 6 nitrogen and oxygen atoms in total. The normalized spacial score (nSPS) is 11.6. The van der Waals surface area contributed by atoms with Crippen LogP contribution in [0.4, 0.5) is 10.1 Å². The first-order valence-corrected chi connectivity index (χ1v) is 7.27. The van der Waals surface area contributed by atoms with E-state index in [2.05, 4.69) is 0 Å². The smallest absolute Gasteiger partial charge is 0.269 e. The van der Waals surface area contributed by atoms with Gasteiger partial charge in [0.2, 0.25) is 0 Å². The number of amides is 1. The number of nitro benzene ring substituents is 1. The second-order valence-corrected chi connectivity index (χ2v) is 5.28. The predicted octanol–water partition coefficient (Wildman–Crippen LogP) is 3.33. The summed E-state index contributed by atoms with van der Waals surface area (Å²) in [6.07, 6.45) is 0. The summed E-state index contributed by atoms with van der Waals surface area (Å²) in [7, 11) is 1.58. The Morgan fingerprint density at radius 2 is 2.00 bits per heavy atom. The van der Waals surface area contributed by atoms with Gasteiger partial charge < -0.3 is 9.64 Å². The van der Waals surface area contributed by atoms with Crippen LogP contribution in [0, 0.1) is 15.9 Å². The molecule has 0 unspecified atom stereocenters. The van der Waals surface area contributed by atoms with Crippen molar-refractivity contribution in [2.75, 3.05) is 13.7 Å². The maximum atomic E-state index is 13.1. The Balaban J connectivity index is 2.01. The number of carbonyl (C=O) groups excluding carboxylic acids is 1. The molecule has 1 amide bonds. The third kappa shape index (κ3) is 4.28. The number of nitro groups is 1. The number of likely N-dealkylation sites (N-methyl/N-ethyl adjacent to an activating group) is 1. The number of non-ortho nitro benzene ring substituents is 1. The summed E-state index contributed by atoms with van der Waals surface area (Å²) in [5, 5.41) is 10.8. The summed E-state index contributed by atoms with van der Waals surface area (Å²) >= 11 is 0. The first-order valence-electron chi connectivity index (χ1n) is 7.27. The SMILES string of the molecule is C[C@@H](c1cccc([N+](=O)[O-])c1)N(C)C(=O)COc1cccc(F)c1. The molecule has 0 bridgehead atoms. The van der Waals surface area contributed by atoms with E-state index in [9.17, 15) is 19.3 Å². The molecule has 0 N–H and O–H groups in total. The van der Waals surface area contributed by atoms with E-state index < -0.39 is 10.7 Å². The highest BCUT2D eigenvalue weighted by molar-refractivity contribution is 5.78. The minimum atomic E-state index is -0.481. The lowest BCUT2D eigenvalue weighted by atomic mass is 10.1. The van der Waals surface area contributed by atoms with Gasteiger partial charge >= 0.3 is 0 Å². The second kappa shape index (κ2) is 7.54. The molecule has 2 aromatic rings. The number of hydrogen-bond donors (Lipinski definition) is 0. The fourth-order valence-corrected chi connectivity index (χ4v) is 2.14. The number of hydrogen-bond acceptors (Lipinski definition) is 4. The molecule has 0 aliphatic carbocycles. The first kappa shape index (κ1) is 17.4. The van der Waals surface area contributed by atoms with Crippen LogP contribution in [-0.2, 0) is 4.79 Å². The number of halogens is 1. The fourth-order valence-electron chi connectivity index (χ4n) is 2.14. The molecule has 0 aromatic heterocycles. The highest BCUT2D eigenvalue weighted by atomic mass is 19.1. The molecule has 0 heterocycles. The molecular formula is C17H17FN2O4. The van der Waals surface area contributed by atoms with Gasteiger partial charge in [-0.15, -0.1) is 0 Å². The minimum absolute atomic E-state index is 0.0313. The first-order chi connectivity index (χ1) is 11.4. The van der Waals surface area contributed by atoms with Gasteiger partial charge in [-0.3, -0.25) is 14.9 Å². The molecular weight excluding hydrogens is 315 g/mol. The van der Waals surface area contributed by atoms with E-state index in [-0.39, 0.29) is 30.0 Å². The zero-order valence-corrected chi connectivity index (χ0v) is 13.3. The topological polar surface area (TPSA) is 72.7 Å². The third-order valence-corrected chi connectivity index (χ3v) is 3.70. The summed E-state index contributed by atoms with van der Waals surface area (Å²) in [5.41, 5.74) is 0.613. The maximum Gasteiger partial charge on any atom is 0.269 e. The van der Waals surface area contributed by atoms with Crippen LogP contribution in [0.3, 0.4) is 0 Å². The van der Waals surface area contributed by atoms with Crippen molar-refractivity contribution in [3.05, 3.63) is 70.0 Å². The highest BCUT2D eigenvalue weighted by Crippen LogP contribution is 2.23. The summed E-state index contributed by atoms with van der Waals surface area (Å²) in [6.45, 7) is 1.51. The van der Waals surface area contributed by atoms with Crippen molar-refractivity contribution in [3.8, 4) is 5.75 Å². The van der Waals surface area contributed by atoms with E-state index in [1.165, 1.54) is 35.2 Å². The average Bonchev–Trinajstić information content (AvgIpc) is 2.58. The molecule has 2 aromatic carbocycles. The van der Waals surface area contributed by atoms with Crippen LogP contribution in [0.25, 0.3) is 0 Å². The highest BCUT2D eigenvalue weighted by Gasteiger charge is 2.19. The summed E-state index contributed by atoms with van der Waals surface area (Å²) in [6, 6.07) is 11.3. The van der Waals surface area contributed by atoms with Gasteiger partial charge in [0.15, 0.2) is 6.61 Å². The molecule has 0 saturated carbocycles. The van der Waals surface area contributed by atoms with Crippen molar-refractivity contribution in [1.82, 2.24) is 4.90 Å². The zero-order chi connectivity index (χ0) is 17.7. The lowest BCUT2D eigenvalue weighted by Crippen LogP contribution is -2.33. The standard InChI is InChI=1S/C17H17FN2O4/c1-12(13-5-3-7-15(9-13)20(22)23)19(2)17(21)11-24-16-8-4-6-14(18)10-16/h3-10,12H,11H2,1-2H3/t12-/m0/s1. The number of benzene rings is 2. The number of ether oxygens (including phenoxy) is 1. The molecule has 1 atom stereocenters. The minimum Gasteiger partial charge on any atom is -0.484 e. The lowest BCUT2D eigenvalue weighted by molar-refractivity contribution is -0.384. The van der Waals surface area contributed by atoms with Crippen LogP contribution >= 0.6 is 0 Å². The average molecular weight is 332 g/mol. The maximum absolute atomic E-state index is 13.1. The van der Waals surface area contributed by atoms with Crippen LogP contribution in [0.1, 0.15) is 18.5 Å². The van der Waals surface area contributed by atoms with Gasteiger partial charge in [-0.2, -0.15) is 0 Å². The van der Waals surface area contributed by atoms with Crippen LogP contribution in [-0.4, -0.2) is 29.4 Å². The van der Waals surface area contributed by atoms with Crippen LogP contribution in [0.2, 0.25) is 0 Å². The monoisotopic (exact) mass is 332 g/mol. The van der Waals surface area contributed by atoms with Gasteiger partial charge in [0, 0.05) is 25.2 Å². The number of rotatable bonds is 6. The van der Waals surface area contributed by atoms with Gasteiger partial charge in [0.25, 0.3) is 11.6 Å². The molecule has 0 saturated heterocycles. The molecule has 0 radical (unpaired) electrons. The van der Waals surface area contributed by atoms with Gasteiger partial charge in [-0.1, -0.05) is 18.2 Å². The molecule has 0 fully saturated rings. The van der Waals surface area contributed by atoms with Crippen molar-refractivity contribution < 1.29 is 18.8 Å². The van der Waals surface area contributed by atoms with Crippen molar-refractivity contribution in [3.63, 3.8) is 0 Å². The van der Waals surface area contributed by atoms with E-state index in [1.54, 1.807) is 32.2 Å². The van der Waals surface area contributed by atoms with Gasteiger partial charge in [0.1, 0.15) is 11.6 Å². The molecule has 126 valence electrons. The van der Waals surface area contributed by atoms with Crippen LogP contribution in [0.5, 0.6) is 5.75 Å². The van der Waals surface area contributed by atoms with E-state index in [1.807, 2.05) is 0 Å². The Hall–Kier alpha value is -2.96. The molecule has 0 aliphatic rings. The largest absolute Gasteiger partial charge is 0.484 e. The Kier molecular flexibility index (Phi) is 5.47. The zero-order valence-electron chi connectivity index (χ0n) is 13.3. The summed E-state index contributed by atoms with van der Waals surface area (Å²) in [5.74, 6) is -0.503. The number of carbonyl (C=O) groups is 1. The van der Waals surface area contributed by atoms with E-state index in [0.717, 1.165) is 0 Å². The predicted molar refractivity (Wildman–Crippen MR) is 86.2 cm³/mol. The molecule has 7 heteroatoms.